The van der Waals surface area contributed by atoms with E-state index in [1.54, 1.807) is 12.1 Å². The van der Waals surface area contributed by atoms with Crippen LogP contribution in [0, 0.1) is 18.7 Å². The van der Waals surface area contributed by atoms with Crippen LogP contribution >= 0.6 is 0 Å². The van der Waals surface area contributed by atoms with Crippen LogP contribution in [-0.4, -0.2) is 17.6 Å². The summed E-state index contributed by atoms with van der Waals surface area (Å²) in [7, 11) is 0. The van der Waals surface area contributed by atoms with Gasteiger partial charge >= 0.3 is 5.97 Å². The van der Waals surface area contributed by atoms with Crippen molar-refractivity contribution in [2.75, 3.05) is 6.54 Å². The number of benzene rings is 1. The minimum atomic E-state index is -1.06. The zero-order chi connectivity index (χ0) is 13.0. The largest absolute Gasteiger partial charge is 0.480 e. The third-order valence-electron chi connectivity index (χ3n) is 2.44. The van der Waals surface area contributed by atoms with Crippen molar-refractivity contribution in [3.63, 3.8) is 0 Å². The molecule has 0 aliphatic carbocycles. The Morgan fingerprint density at radius 3 is 2.65 bits per heavy atom. The first-order valence-electron chi connectivity index (χ1n) is 5.64. The van der Waals surface area contributed by atoms with Gasteiger partial charge < -0.3 is 10.4 Å². The Labute approximate surface area is 101 Å². The standard InChI is InChI=1S/C13H18FNO2/c1-8(2)7-15-12(13(16)17)10-6-9(3)4-5-11(10)14/h4-6,8,12,15H,7H2,1-3H3,(H,16,17). The molecule has 0 amide bonds. The monoisotopic (exact) mass is 239 g/mol. The quantitative estimate of drug-likeness (QED) is 0.830. The Hall–Kier alpha value is -1.42. The Kier molecular flexibility index (Phi) is 4.63. The Balaban J connectivity index is 2.97. The summed E-state index contributed by atoms with van der Waals surface area (Å²) in [4.78, 5) is 11.1. The van der Waals surface area contributed by atoms with Gasteiger partial charge in [0.15, 0.2) is 0 Å². The van der Waals surface area contributed by atoms with E-state index >= 15 is 0 Å². The first-order valence-corrected chi connectivity index (χ1v) is 5.64. The highest BCUT2D eigenvalue weighted by Crippen LogP contribution is 2.19. The zero-order valence-corrected chi connectivity index (χ0v) is 10.3. The van der Waals surface area contributed by atoms with Gasteiger partial charge in [-0.25, -0.2) is 4.39 Å². The van der Waals surface area contributed by atoms with Crippen LogP contribution in [0.15, 0.2) is 18.2 Å². The Bertz CT molecular complexity index is 404. The smallest absolute Gasteiger partial charge is 0.325 e. The SMILES string of the molecule is Cc1ccc(F)c(C(NCC(C)C)C(=O)O)c1. The van der Waals surface area contributed by atoms with E-state index in [0.29, 0.717) is 12.5 Å². The van der Waals surface area contributed by atoms with Crippen LogP contribution in [0.5, 0.6) is 0 Å². The maximum absolute atomic E-state index is 13.6. The lowest BCUT2D eigenvalue weighted by molar-refractivity contribution is -0.139. The van der Waals surface area contributed by atoms with E-state index in [1.807, 2.05) is 20.8 Å². The van der Waals surface area contributed by atoms with E-state index in [-0.39, 0.29) is 5.56 Å². The number of aliphatic carboxylic acids is 1. The van der Waals surface area contributed by atoms with Crippen molar-refractivity contribution in [2.45, 2.75) is 26.8 Å². The van der Waals surface area contributed by atoms with Crippen molar-refractivity contribution in [1.82, 2.24) is 5.32 Å². The lowest BCUT2D eigenvalue weighted by atomic mass is 10.0. The number of nitrogens with one attached hydrogen (secondary N) is 1. The molecule has 0 saturated carbocycles. The molecule has 0 saturated heterocycles. The van der Waals surface area contributed by atoms with E-state index < -0.39 is 17.8 Å². The molecule has 1 aromatic carbocycles. The molecule has 0 bridgehead atoms. The summed E-state index contributed by atoms with van der Waals surface area (Å²) in [5.74, 6) is -1.24. The van der Waals surface area contributed by atoms with Crippen molar-refractivity contribution < 1.29 is 14.3 Å². The number of carboxylic acids is 1. The summed E-state index contributed by atoms with van der Waals surface area (Å²) in [5.41, 5.74) is 1.04. The molecule has 1 unspecified atom stereocenters. The Morgan fingerprint density at radius 1 is 1.47 bits per heavy atom. The highest BCUT2D eigenvalue weighted by molar-refractivity contribution is 5.75. The van der Waals surface area contributed by atoms with Crippen molar-refractivity contribution >= 4 is 5.97 Å². The fraction of sp³-hybridized carbons (Fsp3) is 0.462. The minimum absolute atomic E-state index is 0.193. The molecule has 0 fully saturated rings. The van der Waals surface area contributed by atoms with Crippen LogP contribution in [0.1, 0.15) is 31.0 Å². The summed E-state index contributed by atoms with van der Waals surface area (Å²) in [6.07, 6.45) is 0. The van der Waals surface area contributed by atoms with Crippen LogP contribution in [0.25, 0.3) is 0 Å². The molecule has 94 valence electrons. The van der Waals surface area contributed by atoms with Crippen molar-refractivity contribution in [1.29, 1.82) is 0 Å². The number of rotatable bonds is 5. The summed E-state index contributed by atoms with van der Waals surface area (Å²) in [5, 5.41) is 12.0. The first-order chi connectivity index (χ1) is 7.91. The van der Waals surface area contributed by atoms with Crippen molar-refractivity contribution in [2.24, 2.45) is 5.92 Å². The summed E-state index contributed by atoms with van der Waals surface area (Å²) >= 11 is 0. The fourth-order valence-electron chi connectivity index (χ4n) is 1.57. The van der Waals surface area contributed by atoms with Gasteiger partial charge in [0.1, 0.15) is 11.9 Å². The van der Waals surface area contributed by atoms with Gasteiger partial charge in [-0.1, -0.05) is 31.5 Å². The predicted octanol–water partition coefficient (Wildman–Crippen LogP) is 2.51. The lowest BCUT2D eigenvalue weighted by Crippen LogP contribution is -2.32. The second kappa shape index (κ2) is 5.77. The van der Waals surface area contributed by atoms with E-state index in [4.69, 9.17) is 5.11 Å². The van der Waals surface area contributed by atoms with E-state index in [0.717, 1.165) is 5.56 Å². The van der Waals surface area contributed by atoms with Crippen molar-refractivity contribution in [3.05, 3.63) is 35.1 Å². The van der Waals surface area contributed by atoms with Crippen LogP contribution < -0.4 is 5.32 Å². The molecule has 4 heteroatoms. The van der Waals surface area contributed by atoms with Gasteiger partial charge in [-0.2, -0.15) is 0 Å². The van der Waals surface area contributed by atoms with Crippen LogP contribution in [0.3, 0.4) is 0 Å². The van der Waals surface area contributed by atoms with Crippen molar-refractivity contribution in [3.8, 4) is 0 Å². The number of hydrogen-bond acceptors (Lipinski definition) is 2. The number of carboxylic acid groups (broad SMARTS) is 1. The molecule has 0 aromatic heterocycles. The predicted molar refractivity (Wildman–Crippen MR) is 64.4 cm³/mol. The van der Waals surface area contributed by atoms with E-state index in [1.165, 1.54) is 6.07 Å². The third kappa shape index (κ3) is 3.82. The van der Waals surface area contributed by atoms with Crippen LogP contribution in [0.4, 0.5) is 4.39 Å². The molecule has 0 aliphatic heterocycles. The highest BCUT2D eigenvalue weighted by Gasteiger charge is 2.22. The molecule has 1 atom stereocenters. The first kappa shape index (κ1) is 13.6. The van der Waals surface area contributed by atoms with Crippen LogP contribution in [-0.2, 0) is 4.79 Å². The molecule has 17 heavy (non-hydrogen) atoms. The molecule has 0 aliphatic rings. The van der Waals surface area contributed by atoms with Gasteiger partial charge in [-0.15, -0.1) is 0 Å². The topological polar surface area (TPSA) is 49.3 Å². The molecule has 3 nitrogen and oxygen atoms in total. The van der Waals surface area contributed by atoms with Gasteiger partial charge in [-0.3, -0.25) is 4.79 Å². The summed E-state index contributed by atoms with van der Waals surface area (Å²) < 4.78 is 13.6. The normalized spacial score (nSPS) is 12.8. The van der Waals surface area contributed by atoms with E-state index in [9.17, 15) is 9.18 Å². The molecule has 1 rings (SSSR count). The second-order valence-corrected chi connectivity index (χ2v) is 4.60. The molecular formula is C13H18FNO2. The molecule has 0 heterocycles. The highest BCUT2D eigenvalue weighted by atomic mass is 19.1. The van der Waals surface area contributed by atoms with Gasteiger partial charge in [0.05, 0.1) is 0 Å². The summed E-state index contributed by atoms with van der Waals surface area (Å²) in [6, 6.07) is 3.51. The fourth-order valence-corrected chi connectivity index (χ4v) is 1.57. The Morgan fingerprint density at radius 2 is 2.12 bits per heavy atom. The number of hydrogen-bond donors (Lipinski definition) is 2. The average molecular weight is 239 g/mol. The number of carbonyl (C=O) groups is 1. The maximum Gasteiger partial charge on any atom is 0.325 e. The molecule has 2 N–H and O–H groups in total. The number of aryl methyl sites for hydroxylation is 1. The maximum atomic E-state index is 13.6. The average Bonchev–Trinajstić information content (AvgIpc) is 2.22. The lowest BCUT2D eigenvalue weighted by Gasteiger charge is -2.17. The molecule has 0 spiro atoms. The second-order valence-electron chi connectivity index (χ2n) is 4.60. The summed E-state index contributed by atoms with van der Waals surface area (Å²) in [6.45, 7) is 6.28. The zero-order valence-electron chi connectivity index (χ0n) is 10.3. The molecule has 0 radical (unpaired) electrons. The minimum Gasteiger partial charge on any atom is -0.480 e. The number of halogens is 1. The van der Waals surface area contributed by atoms with Gasteiger partial charge in [0.25, 0.3) is 0 Å². The molecule has 1 aromatic rings. The van der Waals surface area contributed by atoms with Crippen LogP contribution in [0.2, 0.25) is 0 Å². The van der Waals surface area contributed by atoms with Gasteiger partial charge in [0, 0.05) is 5.56 Å². The molecular weight excluding hydrogens is 221 g/mol. The third-order valence-corrected chi connectivity index (χ3v) is 2.44. The van der Waals surface area contributed by atoms with E-state index in [2.05, 4.69) is 5.32 Å². The van der Waals surface area contributed by atoms with Gasteiger partial charge in [0.2, 0.25) is 0 Å². The van der Waals surface area contributed by atoms with Gasteiger partial charge in [-0.05, 0) is 25.5 Å².